The van der Waals surface area contributed by atoms with Gasteiger partial charge in [0.05, 0.1) is 23.3 Å². The first-order valence-corrected chi connectivity index (χ1v) is 15.1. The Labute approximate surface area is 247 Å². The molecule has 0 radical (unpaired) electrons. The zero-order chi connectivity index (χ0) is 29.1. The molecule has 0 aliphatic rings. The molecule has 0 amide bonds. The van der Waals surface area contributed by atoms with E-state index < -0.39 is 12.3 Å². The van der Waals surface area contributed by atoms with Crippen molar-refractivity contribution in [2.24, 2.45) is 11.8 Å². The minimum atomic E-state index is -0.830. The summed E-state index contributed by atoms with van der Waals surface area (Å²) in [7, 11) is 0. The van der Waals surface area contributed by atoms with E-state index in [1.807, 2.05) is 0 Å². The van der Waals surface area contributed by atoms with Crippen LogP contribution in [-0.4, -0.2) is 25.5 Å². The Hall–Kier alpha value is -2.70. The molecule has 3 rings (SSSR count). The Balaban J connectivity index is 1.96. The number of benzene rings is 3. The number of halogens is 2. The summed E-state index contributed by atoms with van der Waals surface area (Å²) in [5.41, 5.74) is 0. The molecule has 0 aliphatic heterocycles. The summed E-state index contributed by atoms with van der Waals surface area (Å²) in [5, 5.41) is 2.30. The normalized spacial score (nSPS) is 12.8. The van der Waals surface area contributed by atoms with E-state index in [-0.39, 0.29) is 46.6 Å². The highest BCUT2D eigenvalue weighted by molar-refractivity contribution is 6.42. The van der Waals surface area contributed by atoms with Crippen LogP contribution in [0.25, 0.3) is 21.5 Å². The molecule has 218 valence electrons. The van der Waals surface area contributed by atoms with E-state index in [4.69, 9.17) is 42.1 Å². The fraction of sp³-hybridized carbons (Fsp3) is 0.500. The third-order valence-corrected chi connectivity index (χ3v) is 7.94. The molecule has 0 heterocycles. The van der Waals surface area contributed by atoms with Crippen molar-refractivity contribution < 1.29 is 28.5 Å². The van der Waals surface area contributed by atoms with Crippen molar-refractivity contribution >= 4 is 57.1 Å². The van der Waals surface area contributed by atoms with Gasteiger partial charge >= 0.3 is 12.3 Å². The van der Waals surface area contributed by atoms with Gasteiger partial charge in [0.1, 0.15) is 0 Å². The minimum Gasteiger partial charge on any atom is -0.434 e. The Morgan fingerprint density at radius 3 is 1.43 bits per heavy atom. The summed E-state index contributed by atoms with van der Waals surface area (Å²) in [6, 6.07) is 10.3. The van der Waals surface area contributed by atoms with Gasteiger partial charge in [-0.3, -0.25) is 0 Å². The van der Waals surface area contributed by atoms with Crippen LogP contribution in [0.5, 0.6) is 11.5 Å². The molecule has 0 saturated carbocycles. The molecule has 0 bridgehead atoms. The van der Waals surface area contributed by atoms with Crippen LogP contribution in [0.2, 0.25) is 10.0 Å². The maximum atomic E-state index is 12.9. The first-order chi connectivity index (χ1) is 19.3. The van der Waals surface area contributed by atoms with E-state index in [9.17, 15) is 9.59 Å². The van der Waals surface area contributed by atoms with Crippen molar-refractivity contribution in [1.29, 1.82) is 0 Å². The molecule has 0 spiro atoms. The number of unbranched alkanes of at least 4 members (excludes halogenated alkanes) is 2. The molecule has 0 N–H and O–H groups in total. The second-order valence-electron chi connectivity index (χ2n) is 10.1. The van der Waals surface area contributed by atoms with Crippen LogP contribution in [0.15, 0.2) is 36.4 Å². The van der Waals surface area contributed by atoms with Crippen LogP contribution in [-0.2, 0) is 9.47 Å². The van der Waals surface area contributed by atoms with Gasteiger partial charge < -0.3 is 18.9 Å². The van der Waals surface area contributed by atoms with Crippen LogP contribution in [0.3, 0.4) is 0 Å². The van der Waals surface area contributed by atoms with Crippen LogP contribution in [0.1, 0.15) is 79.1 Å². The summed E-state index contributed by atoms with van der Waals surface area (Å²) in [6.45, 7) is 8.96. The number of hydrogen-bond acceptors (Lipinski definition) is 6. The zero-order valence-corrected chi connectivity index (χ0v) is 25.4. The summed E-state index contributed by atoms with van der Waals surface area (Å²) in [6.07, 6.45) is 6.41. The molecular formula is C32H40Cl2O6. The standard InChI is InChI=1S/C32H40Cl2O6/c1-5-9-13-21(7-3)19-37-31(35)39-29-23-15-11-12-16-24(23)30(28-26(34)18-17-25(33)27(28)29)40-32(36)38-20-22(8-4)14-10-6-2/h11-12,15-18,21-22H,5-10,13-14,19-20H2,1-4H3. The van der Waals surface area contributed by atoms with E-state index in [1.54, 1.807) is 36.4 Å². The van der Waals surface area contributed by atoms with Crippen molar-refractivity contribution in [1.82, 2.24) is 0 Å². The predicted molar refractivity (Wildman–Crippen MR) is 162 cm³/mol. The molecule has 40 heavy (non-hydrogen) atoms. The number of carbonyl (C=O) groups excluding carboxylic acids is 2. The highest BCUT2D eigenvalue weighted by Crippen LogP contribution is 2.48. The highest BCUT2D eigenvalue weighted by Gasteiger charge is 2.25. The van der Waals surface area contributed by atoms with Crippen molar-refractivity contribution in [2.45, 2.75) is 79.1 Å². The number of ether oxygens (including phenoxy) is 4. The lowest BCUT2D eigenvalue weighted by Crippen LogP contribution is -2.18. The van der Waals surface area contributed by atoms with Crippen molar-refractivity contribution in [3.8, 4) is 11.5 Å². The maximum Gasteiger partial charge on any atom is 0.513 e. The Kier molecular flexibility index (Phi) is 12.7. The molecule has 0 aliphatic carbocycles. The third-order valence-electron chi connectivity index (χ3n) is 7.31. The van der Waals surface area contributed by atoms with Gasteiger partial charge in [0.15, 0.2) is 11.5 Å². The van der Waals surface area contributed by atoms with Crippen molar-refractivity contribution in [2.75, 3.05) is 13.2 Å². The van der Waals surface area contributed by atoms with E-state index in [0.29, 0.717) is 21.5 Å². The number of rotatable bonds is 14. The smallest absolute Gasteiger partial charge is 0.434 e. The molecule has 3 aromatic rings. The second kappa shape index (κ2) is 15.9. The lowest BCUT2D eigenvalue weighted by Gasteiger charge is -2.19. The van der Waals surface area contributed by atoms with E-state index >= 15 is 0 Å². The molecule has 3 aromatic carbocycles. The van der Waals surface area contributed by atoms with Gasteiger partial charge in [-0.1, -0.05) is 114 Å². The monoisotopic (exact) mass is 590 g/mol. The second-order valence-corrected chi connectivity index (χ2v) is 11.0. The summed E-state index contributed by atoms with van der Waals surface area (Å²) in [4.78, 5) is 25.8. The number of carbonyl (C=O) groups is 2. The Morgan fingerprint density at radius 2 is 1.07 bits per heavy atom. The van der Waals surface area contributed by atoms with Crippen LogP contribution < -0.4 is 9.47 Å². The molecular weight excluding hydrogens is 551 g/mol. The van der Waals surface area contributed by atoms with Gasteiger partial charge in [-0.15, -0.1) is 0 Å². The van der Waals surface area contributed by atoms with Crippen molar-refractivity contribution in [3.05, 3.63) is 46.4 Å². The Morgan fingerprint density at radius 1 is 0.675 bits per heavy atom. The van der Waals surface area contributed by atoms with Gasteiger partial charge in [0.25, 0.3) is 0 Å². The SMILES string of the molecule is CCCCC(CC)COC(=O)Oc1c2ccccc2c(OC(=O)OCC(CC)CCCC)c2c(Cl)ccc(Cl)c12. The van der Waals surface area contributed by atoms with Crippen LogP contribution in [0.4, 0.5) is 9.59 Å². The lowest BCUT2D eigenvalue weighted by atomic mass is 10.0. The number of hydrogen-bond donors (Lipinski definition) is 0. The highest BCUT2D eigenvalue weighted by atomic mass is 35.5. The molecule has 6 nitrogen and oxygen atoms in total. The molecule has 0 aromatic heterocycles. The predicted octanol–water partition coefficient (Wildman–Crippen LogP) is 10.8. The molecule has 0 fully saturated rings. The average molecular weight is 592 g/mol. The van der Waals surface area contributed by atoms with Gasteiger partial charge in [0.2, 0.25) is 0 Å². The Bertz CT molecular complexity index is 1190. The quantitative estimate of drug-likeness (QED) is 0.106. The maximum absolute atomic E-state index is 12.9. The zero-order valence-electron chi connectivity index (χ0n) is 23.9. The largest absolute Gasteiger partial charge is 0.513 e. The lowest BCUT2D eigenvalue weighted by molar-refractivity contribution is 0.0805. The minimum absolute atomic E-state index is 0.191. The van der Waals surface area contributed by atoms with Crippen molar-refractivity contribution in [3.63, 3.8) is 0 Å². The summed E-state index contributed by atoms with van der Waals surface area (Å²) < 4.78 is 22.6. The number of fused-ring (bicyclic) bond motifs is 2. The molecule has 8 heteroatoms. The summed E-state index contributed by atoms with van der Waals surface area (Å²) >= 11 is 13.3. The fourth-order valence-electron chi connectivity index (χ4n) is 4.75. The van der Waals surface area contributed by atoms with Gasteiger partial charge in [-0.05, 0) is 36.8 Å². The summed E-state index contributed by atoms with van der Waals surface area (Å²) in [5.74, 6) is 0.900. The first kappa shape index (κ1) is 31.8. The third kappa shape index (κ3) is 8.17. The first-order valence-electron chi connectivity index (χ1n) is 14.4. The van der Waals surface area contributed by atoms with E-state index in [1.165, 1.54) is 0 Å². The van der Waals surface area contributed by atoms with Crippen LogP contribution in [0, 0.1) is 11.8 Å². The van der Waals surface area contributed by atoms with E-state index in [0.717, 1.165) is 51.4 Å². The average Bonchev–Trinajstić information content (AvgIpc) is 2.96. The van der Waals surface area contributed by atoms with E-state index in [2.05, 4.69) is 27.7 Å². The van der Waals surface area contributed by atoms with Gasteiger partial charge in [-0.25, -0.2) is 9.59 Å². The molecule has 2 unspecified atom stereocenters. The molecule has 2 atom stereocenters. The van der Waals surface area contributed by atoms with Gasteiger partial charge in [-0.2, -0.15) is 0 Å². The van der Waals surface area contributed by atoms with Gasteiger partial charge in [0, 0.05) is 21.5 Å². The van der Waals surface area contributed by atoms with Crippen LogP contribution >= 0.6 is 23.2 Å². The molecule has 0 saturated heterocycles. The topological polar surface area (TPSA) is 71.1 Å². The fourth-order valence-corrected chi connectivity index (χ4v) is 5.24.